The Morgan fingerprint density at radius 2 is 2.33 bits per heavy atom. The minimum atomic E-state index is 0.0552. The third-order valence-corrected chi connectivity index (χ3v) is 3.52. The van der Waals surface area contributed by atoms with Crippen LogP contribution in [0.25, 0.3) is 11.2 Å². The highest BCUT2D eigenvalue weighted by molar-refractivity contribution is 7.71. The fraction of sp³-hybridized carbons (Fsp3) is 0.636. The lowest BCUT2D eigenvalue weighted by Gasteiger charge is -2.23. The van der Waals surface area contributed by atoms with Crippen molar-refractivity contribution in [2.45, 2.75) is 19.6 Å². The number of hydrogen-bond donors (Lipinski definition) is 1. The summed E-state index contributed by atoms with van der Waals surface area (Å²) in [6.07, 6.45) is 0.0552. The second kappa shape index (κ2) is 4.49. The lowest BCUT2D eigenvalue weighted by Crippen LogP contribution is -2.32. The monoisotopic (exact) mass is 268 g/mol. The van der Waals surface area contributed by atoms with Gasteiger partial charge in [0.15, 0.2) is 10.4 Å². The van der Waals surface area contributed by atoms with Crippen molar-refractivity contribution >= 4 is 23.4 Å². The lowest BCUT2D eigenvalue weighted by molar-refractivity contribution is -0.0934. The SMILES string of the molecule is Cc1nn(C)c2c1[nH]c(=S)n2CC1COCCO1. The van der Waals surface area contributed by atoms with Gasteiger partial charge in [-0.25, -0.2) is 0 Å². The molecule has 1 N–H and O–H groups in total. The van der Waals surface area contributed by atoms with Crippen LogP contribution in [-0.4, -0.2) is 45.3 Å². The van der Waals surface area contributed by atoms with Gasteiger partial charge in [-0.1, -0.05) is 0 Å². The highest BCUT2D eigenvalue weighted by atomic mass is 32.1. The summed E-state index contributed by atoms with van der Waals surface area (Å²) >= 11 is 5.36. The number of imidazole rings is 1. The number of nitrogens with zero attached hydrogens (tertiary/aromatic N) is 3. The molecule has 0 saturated carbocycles. The van der Waals surface area contributed by atoms with Gasteiger partial charge in [-0.15, -0.1) is 0 Å². The van der Waals surface area contributed by atoms with Crippen LogP contribution in [0.5, 0.6) is 0 Å². The van der Waals surface area contributed by atoms with Crippen molar-refractivity contribution in [3.63, 3.8) is 0 Å². The number of hydrogen-bond acceptors (Lipinski definition) is 4. The molecule has 1 aliphatic rings. The summed E-state index contributed by atoms with van der Waals surface area (Å²) in [5, 5.41) is 4.39. The Balaban J connectivity index is 2.00. The Morgan fingerprint density at radius 3 is 3.06 bits per heavy atom. The number of aryl methyl sites for hydroxylation is 2. The first-order chi connectivity index (χ1) is 8.66. The molecule has 0 bridgehead atoms. The topological polar surface area (TPSA) is 57.0 Å². The number of nitrogens with one attached hydrogen (secondary N) is 1. The molecule has 0 radical (unpaired) electrons. The van der Waals surface area contributed by atoms with E-state index in [9.17, 15) is 0 Å². The highest BCUT2D eigenvalue weighted by Crippen LogP contribution is 2.18. The quantitative estimate of drug-likeness (QED) is 0.830. The zero-order chi connectivity index (χ0) is 12.7. The first-order valence-electron chi connectivity index (χ1n) is 5.98. The van der Waals surface area contributed by atoms with Crippen LogP contribution < -0.4 is 0 Å². The lowest BCUT2D eigenvalue weighted by atomic mass is 10.3. The summed E-state index contributed by atoms with van der Waals surface area (Å²) in [5.41, 5.74) is 2.96. The summed E-state index contributed by atoms with van der Waals surface area (Å²) in [6, 6.07) is 0. The maximum absolute atomic E-state index is 5.67. The summed E-state index contributed by atoms with van der Waals surface area (Å²) in [6.45, 7) is 4.60. The molecule has 3 rings (SSSR count). The molecule has 0 spiro atoms. The van der Waals surface area contributed by atoms with Crippen LogP contribution in [0, 0.1) is 11.7 Å². The molecule has 2 aromatic heterocycles. The zero-order valence-corrected chi connectivity index (χ0v) is 11.3. The molecule has 1 fully saturated rings. The largest absolute Gasteiger partial charge is 0.376 e. The van der Waals surface area contributed by atoms with Crippen molar-refractivity contribution in [1.82, 2.24) is 19.3 Å². The molecule has 7 heteroatoms. The first-order valence-corrected chi connectivity index (χ1v) is 6.39. The molecule has 1 aliphatic heterocycles. The van der Waals surface area contributed by atoms with Crippen LogP contribution in [0.2, 0.25) is 0 Å². The fourth-order valence-corrected chi connectivity index (χ4v) is 2.65. The average molecular weight is 268 g/mol. The van der Waals surface area contributed by atoms with E-state index in [1.54, 1.807) is 0 Å². The third kappa shape index (κ3) is 1.88. The molecule has 1 saturated heterocycles. The summed E-state index contributed by atoms with van der Waals surface area (Å²) in [7, 11) is 1.92. The first kappa shape index (κ1) is 11.9. The molecule has 2 aromatic rings. The Morgan fingerprint density at radius 1 is 1.50 bits per heavy atom. The van der Waals surface area contributed by atoms with Crippen molar-refractivity contribution in [1.29, 1.82) is 0 Å². The van der Waals surface area contributed by atoms with Crippen LogP contribution in [0.3, 0.4) is 0 Å². The van der Waals surface area contributed by atoms with Gasteiger partial charge in [-0.2, -0.15) is 5.10 Å². The van der Waals surface area contributed by atoms with Gasteiger partial charge in [0.1, 0.15) is 5.52 Å². The van der Waals surface area contributed by atoms with Crippen molar-refractivity contribution in [3.05, 3.63) is 10.5 Å². The van der Waals surface area contributed by atoms with Crippen LogP contribution in [-0.2, 0) is 23.1 Å². The minimum absolute atomic E-state index is 0.0552. The Labute approximate surface area is 109 Å². The second-order valence-electron chi connectivity index (χ2n) is 4.52. The van der Waals surface area contributed by atoms with E-state index in [0.717, 1.165) is 16.9 Å². The van der Waals surface area contributed by atoms with Crippen LogP contribution in [0.1, 0.15) is 5.69 Å². The predicted molar refractivity (Wildman–Crippen MR) is 69.2 cm³/mol. The summed E-state index contributed by atoms with van der Waals surface area (Å²) in [4.78, 5) is 3.20. The molecule has 6 nitrogen and oxygen atoms in total. The molecule has 1 unspecified atom stereocenters. The molecule has 0 aromatic carbocycles. The van der Waals surface area contributed by atoms with Crippen LogP contribution >= 0.6 is 12.2 Å². The van der Waals surface area contributed by atoms with Gasteiger partial charge >= 0.3 is 0 Å². The maximum Gasteiger partial charge on any atom is 0.179 e. The number of ether oxygens (including phenoxy) is 2. The highest BCUT2D eigenvalue weighted by Gasteiger charge is 2.19. The third-order valence-electron chi connectivity index (χ3n) is 3.20. The van der Waals surface area contributed by atoms with Gasteiger partial charge in [-0.3, -0.25) is 9.25 Å². The maximum atomic E-state index is 5.67. The van der Waals surface area contributed by atoms with Crippen molar-refractivity contribution < 1.29 is 9.47 Å². The Kier molecular flexibility index (Phi) is 2.96. The van der Waals surface area contributed by atoms with Crippen molar-refractivity contribution in [2.24, 2.45) is 7.05 Å². The van der Waals surface area contributed by atoms with E-state index in [0.29, 0.717) is 31.1 Å². The molecule has 3 heterocycles. The minimum Gasteiger partial charge on any atom is -0.376 e. The van der Waals surface area contributed by atoms with Gasteiger partial charge in [0.05, 0.1) is 38.2 Å². The Bertz CT molecular complexity index is 621. The predicted octanol–water partition coefficient (Wildman–Crippen LogP) is 1.16. The van der Waals surface area contributed by atoms with E-state index >= 15 is 0 Å². The van der Waals surface area contributed by atoms with Crippen molar-refractivity contribution in [3.8, 4) is 0 Å². The number of H-pyrrole nitrogens is 1. The summed E-state index contributed by atoms with van der Waals surface area (Å²) in [5.74, 6) is 0. The molecule has 98 valence electrons. The van der Waals surface area contributed by atoms with E-state index in [1.165, 1.54) is 0 Å². The van der Waals surface area contributed by atoms with E-state index in [4.69, 9.17) is 21.7 Å². The van der Waals surface area contributed by atoms with Gasteiger partial charge in [0.2, 0.25) is 0 Å². The molecule has 18 heavy (non-hydrogen) atoms. The van der Waals surface area contributed by atoms with Gasteiger partial charge in [-0.05, 0) is 19.1 Å². The molecule has 1 atom stereocenters. The number of rotatable bonds is 2. The number of aromatic amines is 1. The van der Waals surface area contributed by atoms with E-state index in [2.05, 4.69) is 10.1 Å². The Hall–Kier alpha value is -1.18. The van der Waals surface area contributed by atoms with Gasteiger partial charge < -0.3 is 14.5 Å². The zero-order valence-electron chi connectivity index (χ0n) is 10.5. The van der Waals surface area contributed by atoms with E-state index < -0.39 is 0 Å². The molecule has 0 amide bonds. The molecule has 0 aliphatic carbocycles. The second-order valence-corrected chi connectivity index (χ2v) is 4.90. The molecular formula is C11H16N4O2S. The normalized spacial score (nSPS) is 20.7. The number of aromatic nitrogens is 4. The van der Waals surface area contributed by atoms with Crippen molar-refractivity contribution in [2.75, 3.05) is 19.8 Å². The van der Waals surface area contributed by atoms with E-state index in [1.807, 2.05) is 23.2 Å². The van der Waals surface area contributed by atoms with Crippen LogP contribution in [0.4, 0.5) is 0 Å². The smallest absolute Gasteiger partial charge is 0.179 e. The van der Waals surface area contributed by atoms with Gasteiger partial charge in [0.25, 0.3) is 0 Å². The van der Waals surface area contributed by atoms with E-state index in [-0.39, 0.29) is 6.10 Å². The van der Waals surface area contributed by atoms with Crippen LogP contribution in [0.15, 0.2) is 0 Å². The van der Waals surface area contributed by atoms with Gasteiger partial charge in [0, 0.05) is 7.05 Å². The summed E-state index contributed by atoms with van der Waals surface area (Å²) < 4.78 is 15.7. The fourth-order valence-electron chi connectivity index (χ4n) is 2.39. The number of fused-ring (bicyclic) bond motifs is 1. The standard InChI is InChI=1S/C11H16N4O2S/c1-7-9-10(14(2)13-7)15(11(18)12-9)5-8-6-16-3-4-17-8/h8H,3-6H2,1-2H3,(H,12,18). The average Bonchev–Trinajstić information content (AvgIpc) is 2.81. The molecular weight excluding hydrogens is 252 g/mol.